The third kappa shape index (κ3) is 1.46. The molecule has 1 aliphatic rings. The van der Waals surface area contributed by atoms with Gasteiger partial charge in [0, 0.05) is 13.1 Å². The van der Waals surface area contributed by atoms with Gasteiger partial charge in [-0.1, -0.05) is 6.92 Å². The Morgan fingerprint density at radius 2 is 2.62 bits per heavy atom. The molecule has 2 nitrogen and oxygen atoms in total. The highest BCUT2D eigenvalue weighted by atomic mass is 16.5. The van der Waals surface area contributed by atoms with Gasteiger partial charge in [-0.2, -0.15) is 0 Å². The lowest BCUT2D eigenvalue weighted by Gasteiger charge is -2.20. The zero-order valence-corrected chi connectivity index (χ0v) is 5.24. The van der Waals surface area contributed by atoms with Gasteiger partial charge >= 0.3 is 0 Å². The Morgan fingerprint density at radius 1 is 1.75 bits per heavy atom. The van der Waals surface area contributed by atoms with E-state index in [1.165, 1.54) is 6.10 Å². The van der Waals surface area contributed by atoms with Gasteiger partial charge in [-0.15, -0.1) is 0 Å². The molecule has 0 atom stereocenters. The molecule has 0 aliphatic carbocycles. The Kier molecular flexibility index (Phi) is 2.30. The van der Waals surface area contributed by atoms with Gasteiger partial charge in [-0.3, -0.25) is 0 Å². The predicted molar refractivity (Wildman–Crippen MR) is 32.4 cm³/mol. The van der Waals surface area contributed by atoms with Gasteiger partial charge in [0.1, 0.15) is 6.10 Å². The van der Waals surface area contributed by atoms with E-state index in [9.17, 15) is 0 Å². The molecule has 0 unspecified atom stereocenters. The summed E-state index contributed by atoms with van der Waals surface area (Å²) >= 11 is 0. The van der Waals surface area contributed by atoms with Crippen LogP contribution in [0.15, 0.2) is 0 Å². The van der Waals surface area contributed by atoms with E-state index in [0.29, 0.717) is 0 Å². The van der Waals surface area contributed by atoms with Crippen molar-refractivity contribution in [3.05, 3.63) is 6.10 Å². The molecular formula is C6H12NO. The maximum Gasteiger partial charge on any atom is 0.110 e. The van der Waals surface area contributed by atoms with Gasteiger partial charge in [0.15, 0.2) is 0 Å². The lowest BCUT2D eigenvalue weighted by Crippen LogP contribution is -2.32. The van der Waals surface area contributed by atoms with Crippen LogP contribution >= 0.6 is 0 Å². The summed E-state index contributed by atoms with van der Waals surface area (Å²) in [7, 11) is 0. The van der Waals surface area contributed by atoms with E-state index >= 15 is 0 Å². The SMILES string of the molecule is CC[C]1CNCCO1. The van der Waals surface area contributed by atoms with Gasteiger partial charge in [-0.25, -0.2) is 0 Å². The third-order valence-corrected chi connectivity index (χ3v) is 1.30. The zero-order valence-electron chi connectivity index (χ0n) is 5.24. The van der Waals surface area contributed by atoms with Crippen molar-refractivity contribution in [2.45, 2.75) is 13.3 Å². The topological polar surface area (TPSA) is 21.3 Å². The second kappa shape index (κ2) is 3.05. The largest absolute Gasteiger partial charge is 0.369 e. The number of nitrogens with one attached hydrogen (secondary N) is 1. The van der Waals surface area contributed by atoms with Crippen LogP contribution in [0.4, 0.5) is 0 Å². The Morgan fingerprint density at radius 3 is 3.00 bits per heavy atom. The van der Waals surface area contributed by atoms with Crippen LogP contribution in [0.2, 0.25) is 0 Å². The summed E-state index contributed by atoms with van der Waals surface area (Å²) in [5.74, 6) is 0. The normalized spacial score (nSPS) is 23.6. The fourth-order valence-electron chi connectivity index (χ4n) is 0.773. The van der Waals surface area contributed by atoms with Crippen LogP contribution in [-0.4, -0.2) is 19.7 Å². The van der Waals surface area contributed by atoms with Crippen LogP contribution in [0.1, 0.15) is 13.3 Å². The molecule has 2 heteroatoms. The standard InChI is InChI=1S/C6H12NO/c1-2-6-5-7-3-4-8-6/h7H,2-5H2,1H3. The number of ether oxygens (including phenoxy) is 1. The summed E-state index contributed by atoms with van der Waals surface area (Å²) in [6.45, 7) is 4.92. The van der Waals surface area contributed by atoms with Gasteiger partial charge in [-0.05, 0) is 6.42 Å². The van der Waals surface area contributed by atoms with Crippen molar-refractivity contribution in [2.75, 3.05) is 19.7 Å². The molecular weight excluding hydrogens is 102 g/mol. The lowest BCUT2D eigenvalue weighted by molar-refractivity contribution is 0.107. The molecule has 1 saturated heterocycles. The first kappa shape index (κ1) is 6.05. The molecule has 1 heterocycles. The molecule has 0 bridgehead atoms. The van der Waals surface area contributed by atoms with Gasteiger partial charge < -0.3 is 10.1 Å². The van der Waals surface area contributed by atoms with Gasteiger partial charge in [0.25, 0.3) is 0 Å². The first-order chi connectivity index (χ1) is 3.93. The summed E-state index contributed by atoms with van der Waals surface area (Å²) in [5.41, 5.74) is 0. The Balaban J connectivity index is 2.13. The van der Waals surface area contributed by atoms with Crippen LogP contribution in [0.25, 0.3) is 0 Å². The minimum absolute atomic E-state index is 0.850. The smallest absolute Gasteiger partial charge is 0.110 e. The Labute approximate surface area is 50.2 Å². The van der Waals surface area contributed by atoms with E-state index in [1.54, 1.807) is 0 Å². The van der Waals surface area contributed by atoms with E-state index in [-0.39, 0.29) is 0 Å². The van der Waals surface area contributed by atoms with Crippen LogP contribution in [0, 0.1) is 6.10 Å². The summed E-state index contributed by atoms with van der Waals surface area (Å²) in [4.78, 5) is 0. The van der Waals surface area contributed by atoms with Crippen LogP contribution in [0.3, 0.4) is 0 Å². The summed E-state index contributed by atoms with van der Waals surface area (Å²) in [6.07, 6.45) is 2.24. The fourth-order valence-corrected chi connectivity index (χ4v) is 0.773. The van der Waals surface area contributed by atoms with E-state index in [1.807, 2.05) is 0 Å². The van der Waals surface area contributed by atoms with Crippen LogP contribution in [-0.2, 0) is 4.74 Å². The quantitative estimate of drug-likeness (QED) is 0.537. The second-order valence-electron chi connectivity index (χ2n) is 1.92. The van der Waals surface area contributed by atoms with Crippen molar-refractivity contribution in [3.63, 3.8) is 0 Å². The maximum absolute atomic E-state index is 5.28. The average molecular weight is 114 g/mol. The maximum atomic E-state index is 5.28. The summed E-state index contributed by atoms with van der Waals surface area (Å²) in [6, 6.07) is 0. The minimum Gasteiger partial charge on any atom is -0.369 e. The van der Waals surface area contributed by atoms with Gasteiger partial charge in [0.05, 0.1) is 6.61 Å². The molecule has 0 aromatic rings. The molecule has 1 N–H and O–H groups in total. The van der Waals surface area contributed by atoms with E-state index < -0.39 is 0 Å². The molecule has 8 heavy (non-hydrogen) atoms. The van der Waals surface area contributed by atoms with E-state index in [4.69, 9.17) is 4.74 Å². The molecule has 0 spiro atoms. The van der Waals surface area contributed by atoms with Crippen LogP contribution < -0.4 is 5.32 Å². The molecule has 0 amide bonds. The molecule has 1 rings (SSSR count). The van der Waals surface area contributed by atoms with E-state index in [0.717, 1.165) is 26.1 Å². The molecule has 0 aromatic carbocycles. The third-order valence-electron chi connectivity index (χ3n) is 1.30. The monoisotopic (exact) mass is 114 g/mol. The van der Waals surface area contributed by atoms with Crippen molar-refractivity contribution in [3.8, 4) is 0 Å². The lowest BCUT2D eigenvalue weighted by atomic mass is 10.2. The highest BCUT2D eigenvalue weighted by Crippen LogP contribution is 2.07. The van der Waals surface area contributed by atoms with Crippen molar-refractivity contribution < 1.29 is 4.74 Å². The minimum atomic E-state index is 0.850. The molecule has 1 radical (unpaired) electrons. The first-order valence-electron chi connectivity index (χ1n) is 3.11. The molecule has 0 saturated carbocycles. The zero-order chi connectivity index (χ0) is 5.82. The number of rotatable bonds is 1. The average Bonchev–Trinajstić information content (AvgIpc) is 1.90. The Bertz CT molecular complexity index is 59.5. The Hall–Kier alpha value is -0.0800. The highest BCUT2D eigenvalue weighted by Gasteiger charge is 2.10. The molecule has 47 valence electrons. The molecule has 1 aliphatic heterocycles. The fraction of sp³-hybridized carbons (Fsp3) is 0.833. The van der Waals surface area contributed by atoms with Gasteiger partial charge in [0.2, 0.25) is 0 Å². The van der Waals surface area contributed by atoms with Crippen molar-refractivity contribution in [1.29, 1.82) is 0 Å². The van der Waals surface area contributed by atoms with Crippen molar-refractivity contribution in [1.82, 2.24) is 5.32 Å². The van der Waals surface area contributed by atoms with E-state index in [2.05, 4.69) is 12.2 Å². The highest BCUT2D eigenvalue weighted by molar-refractivity contribution is 4.82. The number of hydrogen-bond acceptors (Lipinski definition) is 2. The predicted octanol–water partition coefficient (Wildman–Crippen LogP) is 0.548. The summed E-state index contributed by atoms with van der Waals surface area (Å²) in [5, 5.41) is 3.22. The second-order valence-corrected chi connectivity index (χ2v) is 1.92. The molecule has 0 aromatic heterocycles. The number of morpholine rings is 1. The first-order valence-corrected chi connectivity index (χ1v) is 3.11. The molecule has 1 fully saturated rings. The van der Waals surface area contributed by atoms with Crippen LogP contribution in [0.5, 0.6) is 0 Å². The van der Waals surface area contributed by atoms with Crippen molar-refractivity contribution in [2.24, 2.45) is 0 Å². The number of hydrogen-bond donors (Lipinski definition) is 1. The summed E-state index contributed by atoms with van der Waals surface area (Å²) < 4.78 is 5.28. The van der Waals surface area contributed by atoms with Crippen molar-refractivity contribution >= 4 is 0 Å².